The molecule has 0 spiro atoms. The molecule has 3 aliphatic carbocycles. The number of fused-ring (bicyclic) bond motifs is 2. The molecule has 0 aromatic rings. The molecule has 4 nitrogen and oxygen atoms in total. The number of aliphatic hydroxyl groups is 3. The smallest absolute Gasteiger partial charge is 0.142 e. The Morgan fingerprint density at radius 1 is 1.12 bits per heavy atom. The SMILES string of the molecule is CC(C)C1(O)CCC2(C)CC3C(C)(O)C=CC(O)C3(C)C(=O)CC21. The zero-order valence-corrected chi connectivity index (χ0v) is 15.5. The fraction of sp³-hybridized carbons (Fsp3) is 0.850. The summed E-state index contributed by atoms with van der Waals surface area (Å²) in [5, 5.41) is 32.8. The molecule has 3 aliphatic rings. The zero-order chi connectivity index (χ0) is 18.1. The van der Waals surface area contributed by atoms with E-state index in [-0.39, 0.29) is 35.4 Å². The molecule has 24 heavy (non-hydrogen) atoms. The molecule has 0 aromatic heterocycles. The molecule has 0 heterocycles. The molecule has 4 heteroatoms. The molecule has 0 aromatic carbocycles. The summed E-state index contributed by atoms with van der Waals surface area (Å²) in [4.78, 5) is 13.2. The molecule has 0 bridgehead atoms. The number of hydrogen-bond donors (Lipinski definition) is 3. The van der Waals surface area contributed by atoms with E-state index in [0.717, 1.165) is 6.42 Å². The summed E-state index contributed by atoms with van der Waals surface area (Å²) in [6.45, 7) is 9.71. The monoisotopic (exact) mass is 336 g/mol. The second-order valence-electron chi connectivity index (χ2n) is 9.55. The fourth-order valence-corrected chi connectivity index (χ4v) is 5.86. The van der Waals surface area contributed by atoms with Crippen LogP contribution in [0.25, 0.3) is 0 Å². The minimum absolute atomic E-state index is 0.0284. The molecule has 2 fully saturated rings. The van der Waals surface area contributed by atoms with Crippen LogP contribution in [-0.4, -0.2) is 38.4 Å². The number of Topliss-reactive ketones (excluding diaryl/α,β-unsaturated/α-hetero) is 1. The molecular weight excluding hydrogens is 304 g/mol. The first kappa shape index (κ1) is 18.1. The van der Waals surface area contributed by atoms with Gasteiger partial charge in [-0.1, -0.05) is 32.9 Å². The number of aliphatic hydroxyl groups excluding tert-OH is 1. The number of carbonyl (C=O) groups is 1. The summed E-state index contributed by atoms with van der Waals surface area (Å²) in [5.74, 6) is -0.419. The zero-order valence-electron chi connectivity index (χ0n) is 15.5. The van der Waals surface area contributed by atoms with Crippen molar-refractivity contribution >= 4 is 5.78 Å². The molecule has 136 valence electrons. The number of ketones is 1. The van der Waals surface area contributed by atoms with Gasteiger partial charge in [-0.2, -0.15) is 0 Å². The Morgan fingerprint density at radius 3 is 2.33 bits per heavy atom. The highest BCUT2D eigenvalue weighted by molar-refractivity contribution is 5.87. The van der Waals surface area contributed by atoms with Crippen molar-refractivity contribution in [2.75, 3.05) is 0 Å². The van der Waals surface area contributed by atoms with E-state index < -0.39 is 22.7 Å². The highest BCUT2D eigenvalue weighted by Gasteiger charge is 2.64. The van der Waals surface area contributed by atoms with Gasteiger partial charge < -0.3 is 15.3 Å². The number of carbonyl (C=O) groups excluding carboxylic acids is 1. The third-order valence-corrected chi connectivity index (χ3v) is 7.86. The van der Waals surface area contributed by atoms with Gasteiger partial charge in [-0.05, 0) is 44.4 Å². The lowest BCUT2D eigenvalue weighted by atomic mass is 9.58. The normalized spacial score (nSPS) is 54.5. The van der Waals surface area contributed by atoms with Crippen LogP contribution in [0, 0.1) is 28.6 Å². The van der Waals surface area contributed by atoms with Gasteiger partial charge in [0.15, 0.2) is 0 Å². The van der Waals surface area contributed by atoms with Crippen molar-refractivity contribution in [3.63, 3.8) is 0 Å². The van der Waals surface area contributed by atoms with Gasteiger partial charge in [0.05, 0.1) is 22.7 Å². The van der Waals surface area contributed by atoms with Crippen molar-refractivity contribution in [3.8, 4) is 0 Å². The van der Waals surface area contributed by atoms with E-state index in [1.165, 1.54) is 0 Å². The average molecular weight is 336 g/mol. The van der Waals surface area contributed by atoms with Gasteiger partial charge in [0.25, 0.3) is 0 Å². The van der Waals surface area contributed by atoms with Gasteiger partial charge in [-0.15, -0.1) is 0 Å². The molecule has 0 amide bonds. The van der Waals surface area contributed by atoms with E-state index in [4.69, 9.17) is 0 Å². The van der Waals surface area contributed by atoms with Crippen molar-refractivity contribution in [2.24, 2.45) is 28.6 Å². The quantitative estimate of drug-likeness (QED) is 0.643. The first-order valence-corrected chi connectivity index (χ1v) is 9.23. The highest BCUT2D eigenvalue weighted by atomic mass is 16.3. The van der Waals surface area contributed by atoms with E-state index in [2.05, 4.69) is 6.92 Å². The predicted octanol–water partition coefficient (Wildman–Crippen LogP) is 2.46. The molecule has 0 radical (unpaired) electrons. The van der Waals surface area contributed by atoms with Crippen LogP contribution < -0.4 is 0 Å². The Labute approximate surface area is 145 Å². The maximum atomic E-state index is 13.2. The molecular formula is C20H32O4. The Kier molecular flexibility index (Phi) is 3.88. The molecule has 0 aliphatic heterocycles. The summed E-state index contributed by atoms with van der Waals surface area (Å²) in [7, 11) is 0. The van der Waals surface area contributed by atoms with Gasteiger partial charge in [-0.25, -0.2) is 0 Å². The second-order valence-corrected chi connectivity index (χ2v) is 9.55. The van der Waals surface area contributed by atoms with Crippen LogP contribution in [-0.2, 0) is 4.79 Å². The third kappa shape index (κ3) is 2.19. The van der Waals surface area contributed by atoms with E-state index >= 15 is 0 Å². The third-order valence-electron chi connectivity index (χ3n) is 7.86. The van der Waals surface area contributed by atoms with Crippen LogP contribution in [0.15, 0.2) is 12.2 Å². The van der Waals surface area contributed by atoms with Crippen molar-refractivity contribution in [3.05, 3.63) is 12.2 Å². The minimum atomic E-state index is -1.12. The lowest BCUT2D eigenvalue weighted by molar-refractivity contribution is -0.148. The lowest BCUT2D eigenvalue weighted by Gasteiger charge is -2.49. The van der Waals surface area contributed by atoms with Gasteiger partial charge in [0.2, 0.25) is 0 Å². The molecule has 7 unspecified atom stereocenters. The van der Waals surface area contributed by atoms with E-state index in [0.29, 0.717) is 12.8 Å². The van der Waals surface area contributed by atoms with Crippen molar-refractivity contribution in [2.45, 2.75) is 77.6 Å². The van der Waals surface area contributed by atoms with Gasteiger partial charge in [0.1, 0.15) is 5.78 Å². The van der Waals surface area contributed by atoms with Crippen molar-refractivity contribution < 1.29 is 20.1 Å². The number of hydrogen-bond acceptors (Lipinski definition) is 4. The first-order chi connectivity index (χ1) is 10.9. The van der Waals surface area contributed by atoms with Crippen molar-refractivity contribution in [1.29, 1.82) is 0 Å². The Balaban J connectivity index is 2.11. The molecule has 0 saturated heterocycles. The molecule has 3 rings (SSSR count). The van der Waals surface area contributed by atoms with Gasteiger partial charge in [-0.3, -0.25) is 4.79 Å². The summed E-state index contributed by atoms with van der Waals surface area (Å²) in [5.41, 5.74) is -3.17. The summed E-state index contributed by atoms with van der Waals surface area (Å²) < 4.78 is 0. The van der Waals surface area contributed by atoms with E-state index in [1.54, 1.807) is 26.0 Å². The highest BCUT2D eigenvalue weighted by Crippen LogP contribution is 2.63. The maximum Gasteiger partial charge on any atom is 0.142 e. The van der Waals surface area contributed by atoms with Crippen LogP contribution in [0.3, 0.4) is 0 Å². The Morgan fingerprint density at radius 2 is 1.75 bits per heavy atom. The van der Waals surface area contributed by atoms with Crippen LogP contribution >= 0.6 is 0 Å². The van der Waals surface area contributed by atoms with Crippen LogP contribution in [0.2, 0.25) is 0 Å². The first-order valence-electron chi connectivity index (χ1n) is 9.23. The summed E-state index contributed by atoms with van der Waals surface area (Å²) in [6.07, 6.45) is 4.79. The van der Waals surface area contributed by atoms with E-state index in [9.17, 15) is 20.1 Å². The van der Waals surface area contributed by atoms with Crippen LogP contribution in [0.4, 0.5) is 0 Å². The molecule has 2 saturated carbocycles. The minimum Gasteiger partial charge on any atom is -0.389 e. The lowest BCUT2D eigenvalue weighted by Crippen LogP contribution is -2.55. The van der Waals surface area contributed by atoms with Crippen LogP contribution in [0.5, 0.6) is 0 Å². The standard InChI is InChI=1S/C20H32O4/c1-12(2)20(24)9-8-17(3)11-14-18(4,23)7-6-15(21)19(14,5)16(22)10-13(17)20/h6-7,12-15,21,23-24H,8-11H2,1-5H3. The van der Waals surface area contributed by atoms with Gasteiger partial charge in [0, 0.05) is 18.3 Å². The molecule has 3 N–H and O–H groups in total. The Bertz CT molecular complexity index is 580. The predicted molar refractivity (Wildman–Crippen MR) is 92.2 cm³/mol. The summed E-state index contributed by atoms with van der Waals surface area (Å²) in [6, 6.07) is 0. The van der Waals surface area contributed by atoms with Crippen molar-refractivity contribution in [1.82, 2.24) is 0 Å². The molecule has 7 atom stereocenters. The Hall–Kier alpha value is -0.710. The summed E-state index contributed by atoms with van der Waals surface area (Å²) >= 11 is 0. The van der Waals surface area contributed by atoms with E-state index in [1.807, 2.05) is 13.8 Å². The second kappa shape index (κ2) is 5.15. The average Bonchev–Trinajstić information content (AvgIpc) is 2.69. The van der Waals surface area contributed by atoms with Gasteiger partial charge >= 0.3 is 0 Å². The van der Waals surface area contributed by atoms with Crippen LogP contribution in [0.1, 0.15) is 60.3 Å². The fourth-order valence-electron chi connectivity index (χ4n) is 5.86. The maximum absolute atomic E-state index is 13.2. The topological polar surface area (TPSA) is 77.8 Å². The number of rotatable bonds is 1. The largest absolute Gasteiger partial charge is 0.389 e.